The zero-order chi connectivity index (χ0) is 11.0. The lowest BCUT2D eigenvalue weighted by Crippen LogP contribution is -2.52. The van der Waals surface area contributed by atoms with Crippen LogP contribution < -0.4 is 0 Å². The molecule has 0 aromatic heterocycles. The van der Waals surface area contributed by atoms with E-state index in [1.807, 2.05) is 6.92 Å². The molecule has 2 rings (SSSR count). The summed E-state index contributed by atoms with van der Waals surface area (Å²) in [5, 5.41) is 9.16. The van der Waals surface area contributed by atoms with Gasteiger partial charge >= 0.3 is 0 Å². The molecule has 2 aliphatic rings. The summed E-state index contributed by atoms with van der Waals surface area (Å²) >= 11 is 0. The van der Waals surface area contributed by atoms with Gasteiger partial charge in [0.15, 0.2) is 0 Å². The van der Waals surface area contributed by atoms with Gasteiger partial charge in [-0.2, -0.15) is 0 Å². The number of nitrogens with zero attached hydrogens (tertiary/aromatic N) is 1. The monoisotopic (exact) mass is 211 g/mol. The topological polar surface area (TPSA) is 57.6 Å². The maximum absolute atomic E-state index is 11.9. The quantitative estimate of drug-likeness (QED) is 0.693. The first-order valence-electron chi connectivity index (χ1n) is 5.66. The van der Waals surface area contributed by atoms with E-state index in [9.17, 15) is 9.59 Å². The van der Waals surface area contributed by atoms with Crippen LogP contribution in [-0.4, -0.2) is 34.5 Å². The van der Waals surface area contributed by atoms with Crippen LogP contribution in [0.4, 0.5) is 0 Å². The van der Waals surface area contributed by atoms with Crippen LogP contribution in [0.2, 0.25) is 0 Å². The highest BCUT2D eigenvalue weighted by molar-refractivity contribution is 6.01. The Morgan fingerprint density at radius 2 is 1.87 bits per heavy atom. The molecule has 1 heterocycles. The van der Waals surface area contributed by atoms with Gasteiger partial charge in [-0.3, -0.25) is 14.5 Å². The summed E-state index contributed by atoms with van der Waals surface area (Å²) in [6, 6.07) is -0.312. The van der Waals surface area contributed by atoms with Crippen molar-refractivity contribution in [1.29, 1.82) is 0 Å². The van der Waals surface area contributed by atoms with Crippen LogP contribution in [0.15, 0.2) is 0 Å². The number of rotatable bonds is 3. The van der Waals surface area contributed by atoms with E-state index >= 15 is 0 Å². The number of aliphatic hydroxyl groups excluding tert-OH is 1. The van der Waals surface area contributed by atoms with Gasteiger partial charge < -0.3 is 5.11 Å². The van der Waals surface area contributed by atoms with E-state index in [-0.39, 0.29) is 36.3 Å². The number of hydrogen-bond donors (Lipinski definition) is 1. The Morgan fingerprint density at radius 3 is 2.27 bits per heavy atom. The van der Waals surface area contributed by atoms with Crippen molar-refractivity contribution >= 4 is 11.8 Å². The number of piperidine rings is 1. The first-order valence-corrected chi connectivity index (χ1v) is 5.66. The number of aliphatic hydroxyl groups is 1. The van der Waals surface area contributed by atoms with Crippen molar-refractivity contribution in [1.82, 2.24) is 4.90 Å². The second-order valence-electron chi connectivity index (χ2n) is 4.50. The van der Waals surface area contributed by atoms with E-state index in [0.717, 1.165) is 19.3 Å². The lowest BCUT2D eigenvalue weighted by atomic mass is 9.95. The van der Waals surface area contributed by atoms with Crippen molar-refractivity contribution in [3.05, 3.63) is 0 Å². The summed E-state index contributed by atoms with van der Waals surface area (Å²) in [4.78, 5) is 25.2. The molecule has 15 heavy (non-hydrogen) atoms. The average Bonchev–Trinajstić information content (AvgIpc) is 2.68. The van der Waals surface area contributed by atoms with Crippen molar-refractivity contribution in [3.8, 4) is 0 Å². The van der Waals surface area contributed by atoms with Crippen LogP contribution in [0.25, 0.3) is 0 Å². The molecule has 4 nitrogen and oxygen atoms in total. The number of imide groups is 1. The largest absolute Gasteiger partial charge is 0.394 e. The number of fused-ring (bicyclic) bond motifs is 2. The lowest BCUT2D eigenvalue weighted by Gasteiger charge is -2.34. The van der Waals surface area contributed by atoms with Crippen molar-refractivity contribution in [2.24, 2.45) is 11.8 Å². The average molecular weight is 211 g/mol. The maximum atomic E-state index is 11.9. The summed E-state index contributed by atoms with van der Waals surface area (Å²) in [5.41, 5.74) is 0. The fraction of sp³-hybridized carbons (Fsp3) is 0.818. The Bertz CT molecular complexity index is 264. The van der Waals surface area contributed by atoms with Gasteiger partial charge in [0.05, 0.1) is 12.6 Å². The second kappa shape index (κ2) is 3.93. The summed E-state index contributed by atoms with van der Waals surface area (Å²) < 4.78 is 0. The molecule has 1 aliphatic carbocycles. The van der Waals surface area contributed by atoms with E-state index in [1.165, 1.54) is 4.90 Å². The molecule has 4 heteroatoms. The number of carbonyl (C=O) groups excluding carboxylic acids is 2. The predicted molar refractivity (Wildman–Crippen MR) is 53.8 cm³/mol. The molecule has 1 saturated carbocycles. The van der Waals surface area contributed by atoms with Gasteiger partial charge in [-0.25, -0.2) is 0 Å². The molecule has 2 unspecified atom stereocenters. The minimum absolute atomic E-state index is 0.0355. The molecule has 2 amide bonds. The van der Waals surface area contributed by atoms with Crippen molar-refractivity contribution in [2.75, 3.05) is 6.61 Å². The zero-order valence-electron chi connectivity index (χ0n) is 8.98. The van der Waals surface area contributed by atoms with E-state index in [4.69, 9.17) is 5.11 Å². The van der Waals surface area contributed by atoms with Crippen LogP contribution >= 0.6 is 0 Å². The van der Waals surface area contributed by atoms with Gasteiger partial charge in [-0.15, -0.1) is 0 Å². The molecule has 0 aromatic rings. The van der Waals surface area contributed by atoms with Gasteiger partial charge in [-0.05, 0) is 25.7 Å². The normalized spacial score (nSPS) is 32.3. The Balaban J connectivity index is 2.22. The van der Waals surface area contributed by atoms with E-state index in [2.05, 4.69) is 0 Å². The lowest BCUT2D eigenvalue weighted by molar-refractivity contribution is -0.157. The molecular formula is C11H17NO3. The number of likely N-dealkylation sites (tertiary alicyclic amines) is 1. The molecule has 0 radical (unpaired) electrons. The third kappa shape index (κ3) is 1.57. The molecule has 84 valence electrons. The second-order valence-corrected chi connectivity index (χ2v) is 4.50. The molecular weight excluding hydrogens is 194 g/mol. The molecule has 1 aliphatic heterocycles. The van der Waals surface area contributed by atoms with Gasteiger partial charge in [0.25, 0.3) is 0 Å². The summed E-state index contributed by atoms with van der Waals surface area (Å²) in [5.74, 6) is -0.0501. The molecule has 0 spiro atoms. The standard InChI is InChI=1S/C11H17NO3/c1-2-9(6-13)12-10(14)7-3-4-8(5-7)11(12)15/h7-9,13H,2-6H2,1H3/t7?,8?,9-/m1/s1. The highest BCUT2D eigenvalue weighted by atomic mass is 16.3. The molecule has 1 N–H and O–H groups in total. The van der Waals surface area contributed by atoms with Crippen molar-refractivity contribution in [3.63, 3.8) is 0 Å². The Labute approximate surface area is 89.3 Å². The molecule has 0 aromatic carbocycles. The molecule has 2 bridgehead atoms. The Morgan fingerprint density at radius 1 is 1.33 bits per heavy atom. The third-order valence-electron chi connectivity index (χ3n) is 3.65. The first-order chi connectivity index (χ1) is 7.19. The van der Waals surface area contributed by atoms with E-state index < -0.39 is 0 Å². The van der Waals surface area contributed by atoms with Crippen LogP contribution in [-0.2, 0) is 9.59 Å². The summed E-state index contributed by atoms with van der Waals surface area (Å²) in [6.45, 7) is 1.77. The maximum Gasteiger partial charge on any atom is 0.232 e. The van der Waals surface area contributed by atoms with Gasteiger partial charge in [0, 0.05) is 11.8 Å². The van der Waals surface area contributed by atoms with Gasteiger partial charge in [0.1, 0.15) is 0 Å². The van der Waals surface area contributed by atoms with Crippen LogP contribution in [0.1, 0.15) is 32.6 Å². The smallest absolute Gasteiger partial charge is 0.232 e. The number of carbonyl (C=O) groups is 2. The highest BCUT2D eigenvalue weighted by Gasteiger charge is 2.46. The first kappa shape index (κ1) is 10.6. The van der Waals surface area contributed by atoms with Crippen LogP contribution in [0.3, 0.4) is 0 Å². The number of amides is 2. The van der Waals surface area contributed by atoms with Crippen molar-refractivity contribution in [2.45, 2.75) is 38.6 Å². The van der Waals surface area contributed by atoms with E-state index in [0.29, 0.717) is 6.42 Å². The van der Waals surface area contributed by atoms with Crippen molar-refractivity contribution < 1.29 is 14.7 Å². The Kier molecular flexibility index (Phi) is 2.78. The number of hydrogen-bond acceptors (Lipinski definition) is 3. The summed E-state index contributed by atoms with van der Waals surface area (Å²) in [7, 11) is 0. The molecule has 2 fully saturated rings. The fourth-order valence-electron chi connectivity index (χ4n) is 2.69. The van der Waals surface area contributed by atoms with Gasteiger partial charge in [-0.1, -0.05) is 6.92 Å². The van der Waals surface area contributed by atoms with E-state index in [1.54, 1.807) is 0 Å². The Hall–Kier alpha value is -0.900. The fourth-order valence-corrected chi connectivity index (χ4v) is 2.69. The molecule has 1 saturated heterocycles. The predicted octanol–water partition coefficient (Wildman–Crippen LogP) is 0.542. The minimum Gasteiger partial charge on any atom is -0.394 e. The minimum atomic E-state index is -0.312. The zero-order valence-corrected chi connectivity index (χ0v) is 8.98. The van der Waals surface area contributed by atoms with Crippen LogP contribution in [0, 0.1) is 11.8 Å². The highest BCUT2D eigenvalue weighted by Crippen LogP contribution is 2.39. The SMILES string of the molecule is CC[C@H](CO)N1C(=O)C2CCC(C2)C1=O. The molecule has 3 atom stereocenters. The third-order valence-corrected chi connectivity index (χ3v) is 3.65. The van der Waals surface area contributed by atoms with Crippen LogP contribution in [0.5, 0.6) is 0 Å². The van der Waals surface area contributed by atoms with Gasteiger partial charge in [0.2, 0.25) is 11.8 Å². The summed E-state index contributed by atoms with van der Waals surface area (Å²) in [6.07, 6.45) is 3.05.